The molecule has 4 heteroatoms. The van der Waals surface area contributed by atoms with Crippen LogP contribution in [0.1, 0.15) is 12.5 Å². The number of anilines is 1. The maximum Gasteiger partial charge on any atom is 0.239 e. The van der Waals surface area contributed by atoms with Gasteiger partial charge in [0.05, 0.1) is 13.2 Å². The van der Waals surface area contributed by atoms with E-state index in [1.54, 1.807) is 7.11 Å². The van der Waals surface area contributed by atoms with Crippen molar-refractivity contribution in [3.8, 4) is 0 Å². The predicted molar refractivity (Wildman–Crippen MR) is 69.1 cm³/mol. The molecule has 1 unspecified atom stereocenters. The number of aryl methyl sites for hydroxylation is 1. The molecule has 0 heterocycles. The fraction of sp³-hybridized carbons (Fsp3) is 0.462. The molecule has 94 valence electrons. The molecule has 0 bridgehead atoms. The van der Waals surface area contributed by atoms with E-state index in [-0.39, 0.29) is 18.5 Å². The van der Waals surface area contributed by atoms with Crippen molar-refractivity contribution in [2.45, 2.75) is 19.9 Å². The zero-order valence-corrected chi connectivity index (χ0v) is 10.6. The highest BCUT2D eigenvalue weighted by atomic mass is 16.5. The maximum atomic E-state index is 11.5. The van der Waals surface area contributed by atoms with Gasteiger partial charge < -0.3 is 15.4 Å². The monoisotopic (exact) mass is 236 g/mol. The van der Waals surface area contributed by atoms with Crippen molar-refractivity contribution in [1.29, 1.82) is 0 Å². The summed E-state index contributed by atoms with van der Waals surface area (Å²) in [6.07, 6.45) is 0. The van der Waals surface area contributed by atoms with Crippen molar-refractivity contribution in [3.63, 3.8) is 0 Å². The van der Waals surface area contributed by atoms with Crippen LogP contribution in [0.3, 0.4) is 0 Å². The van der Waals surface area contributed by atoms with Gasteiger partial charge in [-0.15, -0.1) is 0 Å². The first-order chi connectivity index (χ1) is 8.11. The minimum atomic E-state index is -0.0323. The number of nitrogens with one attached hydrogen (secondary N) is 2. The van der Waals surface area contributed by atoms with Crippen molar-refractivity contribution in [2.24, 2.45) is 0 Å². The number of rotatable bonds is 6. The highest BCUT2D eigenvalue weighted by Gasteiger charge is 2.06. The minimum Gasteiger partial charge on any atom is -0.383 e. The smallest absolute Gasteiger partial charge is 0.239 e. The van der Waals surface area contributed by atoms with E-state index in [1.807, 2.05) is 38.1 Å². The third-order valence-corrected chi connectivity index (χ3v) is 2.33. The van der Waals surface area contributed by atoms with E-state index >= 15 is 0 Å². The molecule has 0 spiro atoms. The standard InChI is InChI=1S/C13H20N2O2/c1-10-4-6-12(7-5-10)14-8-13(16)15-11(2)9-17-3/h4-7,11,14H,8-9H2,1-3H3,(H,15,16). The molecular weight excluding hydrogens is 216 g/mol. The number of carbonyl (C=O) groups excluding carboxylic acids is 1. The lowest BCUT2D eigenvalue weighted by Gasteiger charge is -2.13. The van der Waals surface area contributed by atoms with Crippen LogP contribution in [0.4, 0.5) is 5.69 Å². The van der Waals surface area contributed by atoms with Crippen LogP contribution in [0.5, 0.6) is 0 Å². The van der Waals surface area contributed by atoms with E-state index in [2.05, 4.69) is 10.6 Å². The topological polar surface area (TPSA) is 50.4 Å². The van der Waals surface area contributed by atoms with E-state index in [4.69, 9.17) is 4.74 Å². The maximum absolute atomic E-state index is 11.5. The van der Waals surface area contributed by atoms with Crippen LogP contribution in [-0.4, -0.2) is 32.2 Å². The summed E-state index contributed by atoms with van der Waals surface area (Å²) < 4.78 is 4.95. The Kier molecular flexibility index (Phi) is 5.49. The second-order valence-corrected chi connectivity index (χ2v) is 4.14. The molecule has 0 saturated carbocycles. The molecule has 0 aliphatic carbocycles. The van der Waals surface area contributed by atoms with Crippen LogP contribution in [0.25, 0.3) is 0 Å². The van der Waals surface area contributed by atoms with Crippen LogP contribution < -0.4 is 10.6 Å². The molecule has 1 atom stereocenters. The Balaban J connectivity index is 2.30. The fourth-order valence-electron chi connectivity index (χ4n) is 1.47. The summed E-state index contributed by atoms with van der Waals surface area (Å²) >= 11 is 0. The first-order valence-corrected chi connectivity index (χ1v) is 5.70. The summed E-state index contributed by atoms with van der Waals surface area (Å²) in [6.45, 7) is 4.74. The molecule has 17 heavy (non-hydrogen) atoms. The van der Waals surface area contributed by atoms with Gasteiger partial charge in [-0.3, -0.25) is 4.79 Å². The molecule has 0 fully saturated rings. The van der Waals surface area contributed by atoms with Gasteiger partial charge in [-0.1, -0.05) is 17.7 Å². The summed E-state index contributed by atoms with van der Waals surface area (Å²) in [5.41, 5.74) is 2.15. The highest BCUT2D eigenvalue weighted by molar-refractivity contribution is 5.80. The molecule has 0 aliphatic rings. The molecule has 0 aromatic heterocycles. The Morgan fingerprint density at radius 2 is 2.00 bits per heavy atom. The number of hydrogen-bond acceptors (Lipinski definition) is 3. The van der Waals surface area contributed by atoms with Crippen LogP contribution in [0.2, 0.25) is 0 Å². The van der Waals surface area contributed by atoms with Crippen molar-refractivity contribution in [2.75, 3.05) is 25.6 Å². The minimum absolute atomic E-state index is 0.0323. The Labute approximate surface area is 102 Å². The lowest BCUT2D eigenvalue weighted by molar-refractivity contribution is -0.120. The average Bonchev–Trinajstić information content (AvgIpc) is 2.28. The third-order valence-electron chi connectivity index (χ3n) is 2.33. The van der Waals surface area contributed by atoms with Crippen molar-refractivity contribution >= 4 is 11.6 Å². The zero-order valence-electron chi connectivity index (χ0n) is 10.6. The van der Waals surface area contributed by atoms with E-state index in [1.165, 1.54) is 5.56 Å². The Hall–Kier alpha value is -1.55. The highest BCUT2D eigenvalue weighted by Crippen LogP contribution is 2.07. The van der Waals surface area contributed by atoms with E-state index < -0.39 is 0 Å². The van der Waals surface area contributed by atoms with Gasteiger partial charge in [0.15, 0.2) is 0 Å². The average molecular weight is 236 g/mol. The summed E-state index contributed by atoms with van der Waals surface area (Å²) in [5.74, 6) is -0.0323. The molecule has 0 aliphatic heterocycles. The van der Waals surface area contributed by atoms with E-state index in [0.717, 1.165) is 5.69 Å². The number of amides is 1. The second-order valence-electron chi connectivity index (χ2n) is 4.14. The number of hydrogen-bond donors (Lipinski definition) is 2. The van der Waals surface area contributed by atoms with Gasteiger partial charge >= 0.3 is 0 Å². The number of methoxy groups -OCH3 is 1. The van der Waals surface area contributed by atoms with E-state index in [0.29, 0.717) is 6.61 Å². The third kappa shape index (κ3) is 5.36. The van der Waals surface area contributed by atoms with Gasteiger partial charge in [0.1, 0.15) is 0 Å². The number of carbonyl (C=O) groups is 1. The molecular formula is C13H20N2O2. The lowest BCUT2D eigenvalue weighted by Crippen LogP contribution is -2.39. The van der Waals surface area contributed by atoms with Gasteiger partial charge in [-0.2, -0.15) is 0 Å². The molecule has 0 saturated heterocycles. The fourth-order valence-corrected chi connectivity index (χ4v) is 1.47. The Bertz CT molecular complexity index is 349. The summed E-state index contributed by atoms with van der Waals surface area (Å²) in [5, 5.41) is 5.90. The van der Waals surface area contributed by atoms with Gasteiger partial charge in [-0.25, -0.2) is 0 Å². The molecule has 1 amide bonds. The van der Waals surface area contributed by atoms with E-state index in [9.17, 15) is 4.79 Å². The van der Waals surface area contributed by atoms with Crippen LogP contribution in [0, 0.1) is 6.92 Å². The Morgan fingerprint density at radius 3 is 2.59 bits per heavy atom. The van der Waals surface area contributed by atoms with Crippen LogP contribution in [0.15, 0.2) is 24.3 Å². The van der Waals surface area contributed by atoms with Gasteiger partial charge in [-0.05, 0) is 26.0 Å². The zero-order chi connectivity index (χ0) is 12.7. The summed E-state index contributed by atoms with van der Waals surface area (Å²) in [4.78, 5) is 11.5. The first kappa shape index (κ1) is 13.5. The van der Waals surface area contributed by atoms with Gasteiger partial charge in [0.25, 0.3) is 0 Å². The molecule has 4 nitrogen and oxygen atoms in total. The largest absolute Gasteiger partial charge is 0.383 e. The molecule has 0 radical (unpaired) electrons. The van der Waals surface area contributed by atoms with Crippen LogP contribution >= 0.6 is 0 Å². The Morgan fingerprint density at radius 1 is 1.35 bits per heavy atom. The predicted octanol–water partition coefficient (Wildman–Crippen LogP) is 1.56. The first-order valence-electron chi connectivity index (χ1n) is 5.70. The summed E-state index contributed by atoms with van der Waals surface area (Å²) in [6, 6.07) is 7.97. The van der Waals surface area contributed by atoms with Gasteiger partial charge in [0, 0.05) is 18.8 Å². The van der Waals surface area contributed by atoms with Crippen molar-refractivity contribution < 1.29 is 9.53 Å². The SMILES string of the molecule is COCC(C)NC(=O)CNc1ccc(C)cc1. The number of benzene rings is 1. The lowest BCUT2D eigenvalue weighted by atomic mass is 10.2. The molecule has 1 rings (SSSR count). The normalized spacial score (nSPS) is 11.9. The van der Waals surface area contributed by atoms with Crippen molar-refractivity contribution in [1.82, 2.24) is 5.32 Å². The van der Waals surface area contributed by atoms with Crippen molar-refractivity contribution in [3.05, 3.63) is 29.8 Å². The summed E-state index contributed by atoms with van der Waals surface area (Å²) in [7, 11) is 1.62. The second kappa shape index (κ2) is 6.91. The van der Waals surface area contributed by atoms with Crippen LogP contribution in [-0.2, 0) is 9.53 Å². The molecule has 1 aromatic carbocycles. The number of ether oxygens (including phenoxy) is 1. The molecule has 2 N–H and O–H groups in total. The quantitative estimate of drug-likeness (QED) is 0.788. The van der Waals surface area contributed by atoms with Gasteiger partial charge in [0.2, 0.25) is 5.91 Å². The molecule has 1 aromatic rings.